The second-order valence-corrected chi connectivity index (χ2v) is 6.06. The van der Waals surface area contributed by atoms with Crippen molar-refractivity contribution in [3.8, 4) is 0 Å². The van der Waals surface area contributed by atoms with Gasteiger partial charge in [0.05, 0.1) is 11.3 Å². The summed E-state index contributed by atoms with van der Waals surface area (Å²) in [6.45, 7) is 4.39. The number of carbonyl (C=O) groups is 2. The number of hydrogen-bond donors (Lipinski definition) is 1. The van der Waals surface area contributed by atoms with Crippen molar-refractivity contribution in [2.45, 2.75) is 32.1 Å². The third kappa shape index (κ3) is 3.23. The highest BCUT2D eigenvalue weighted by Gasteiger charge is 2.37. The second kappa shape index (κ2) is 5.84. The summed E-state index contributed by atoms with van der Waals surface area (Å²) in [5.74, 6) is -1.80. The molecule has 1 saturated heterocycles. The molecule has 1 aliphatic heterocycles. The Morgan fingerprint density at radius 1 is 1.29 bits per heavy atom. The predicted octanol–water partition coefficient (Wildman–Crippen LogP) is 2.43. The number of amides is 1. The van der Waals surface area contributed by atoms with Crippen LogP contribution in [0.25, 0.3) is 0 Å². The van der Waals surface area contributed by atoms with Gasteiger partial charge in [0.1, 0.15) is 5.82 Å². The first-order chi connectivity index (χ1) is 9.82. The summed E-state index contributed by atoms with van der Waals surface area (Å²) >= 11 is 0. The Hall–Kier alpha value is -1.91. The number of rotatable bonds is 3. The minimum absolute atomic E-state index is 0.111. The van der Waals surface area contributed by atoms with Gasteiger partial charge in [-0.15, -0.1) is 0 Å². The number of benzene rings is 1. The Balaban J connectivity index is 2.17. The van der Waals surface area contributed by atoms with Gasteiger partial charge in [-0.25, -0.2) is 4.39 Å². The number of halogens is 1. The van der Waals surface area contributed by atoms with Crippen LogP contribution in [0.4, 0.5) is 4.39 Å². The summed E-state index contributed by atoms with van der Waals surface area (Å²) < 4.78 is 13.0. The standard InChI is InChI=1S/C16H20FNO3/c1-16(2,12-5-7-13(17)8-6-12)15(21)18-9-3-4-11(10-18)14(19)20/h5-8,11H,3-4,9-10H2,1-2H3,(H,19,20)/t11-/m1/s1. The fourth-order valence-electron chi connectivity index (χ4n) is 2.75. The molecule has 0 aliphatic carbocycles. The van der Waals surface area contributed by atoms with Crippen LogP contribution < -0.4 is 0 Å². The second-order valence-electron chi connectivity index (χ2n) is 6.06. The van der Waals surface area contributed by atoms with E-state index in [-0.39, 0.29) is 18.3 Å². The smallest absolute Gasteiger partial charge is 0.308 e. The van der Waals surface area contributed by atoms with Crippen molar-refractivity contribution in [1.29, 1.82) is 0 Å². The first-order valence-electron chi connectivity index (χ1n) is 7.10. The molecule has 0 spiro atoms. The number of hydrogen-bond acceptors (Lipinski definition) is 2. The Bertz CT molecular complexity index is 539. The highest BCUT2D eigenvalue weighted by atomic mass is 19.1. The molecule has 5 heteroatoms. The molecule has 4 nitrogen and oxygen atoms in total. The molecule has 0 saturated carbocycles. The van der Waals surface area contributed by atoms with E-state index in [2.05, 4.69) is 0 Å². The fourth-order valence-corrected chi connectivity index (χ4v) is 2.75. The van der Waals surface area contributed by atoms with E-state index in [0.29, 0.717) is 19.4 Å². The number of nitrogens with zero attached hydrogens (tertiary/aromatic N) is 1. The van der Waals surface area contributed by atoms with Crippen LogP contribution in [0.5, 0.6) is 0 Å². The zero-order chi connectivity index (χ0) is 15.6. The van der Waals surface area contributed by atoms with Crippen LogP contribution in [-0.4, -0.2) is 35.0 Å². The Morgan fingerprint density at radius 3 is 2.48 bits per heavy atom. The van der Waals surface area contributed by atoms with Gasteiger partial charge in [0.15, 0.2) is 0 Å². The van der Waals surface area contributed by atoms with E-state index in [9.17, 15) is 14.0 Å². The lowest BCUT2D eigenvalue weighted by Crippen LogP contribution is -2.49. The van der Waals surface area contributed by atoms with Crippen molar-refractivity contribution >= 4 is 11.9 Å². The summed E-state index contributed by atoms with van der Waals surface area (Å²) in [6.07, 6.45) is 1.30. The third-order valence-electron chi connectivity index (χ3n) is 4.16. The van der Waals surface area contributed by atoms with Gasteiger partial charge in [-0.3, -0.25) is 9.59 Å². The molecular weight excluding hydrogens is 273 g/mol. The average Bonchev–Trinajstić information content (AvgIpc) is 2.47. The molecule has 1 N–H and O–H groups in total. The normalized spacial score (nSPS) is 19.4. The SMILES string of the molecule is CC(C)(C(=O)N1CCC[C@@H](C(=O)O)C1)c1ccc(F)cc1. The minimum atomic E-state index is -0.855. The van der Waals surface area contributed by atoms with Gasteiger partial charge in [-0.05, 0) is 44.4 Å². The lowest BCUT2D eigenvalue weighted by molar-refractivity contribution is -0.147. The quantitative estimate of drug-likeness (QED) is 0.931. The molecule has 0 aromatic heterocycles. The molecule has 1 atom stereocenters. The van der Waals surface area contributed by atoms with Crippen LogP contribution in [0.3, 0.4) is 0 Å². The van der Waals surface area contributed by atoms with Gasteiger partial charge < -0.3 is 10.0 Å². The van der Waals surface area contributed by atoms with E-state index in [0.717, 1.165) is 5.56 Å². The first-order valence-corrected chi connectivity index (χ1v) is 7.10. The largest absolute Gasteiger partial charge is 0.481 e. The lowest BCUT2D eigenvalue weighted by atomic mass is 9.82. The van der Waals surface area contributed by atoms with Gasteiger partial charge in [0.2, 0.25) is 5.91 Å². The molecule has 1 amide bonds. The van der Waals surface area contributed by atoms with E-state index >= 15 is 0 Å². The van der Waals surface area contributed by atoms with Crippen molar-refractivity contribution in [1.82, 2.24) is 4.90 Å². The molecule has 0 unspecified atom stereocenters. The zero-order valence-corrected chi connectivity index (χ0v) is 12.3. The summed E-state index contributed by atoms with van der Waals surface area (Å²) in [6, 6.07) is 5.87. The monoisotopic (exact) mass is 293 g/mol. The number of carboxylic acid groups (broad SMARTS) is 1. The molecule has 0 bridgehead atoms. The highest BCUT2D eigenvalue weighted by Crippen LogP contribution is 2.28. The molecule has 1 fully saturated rings. The molecule has 1 aliphatic rings. The summed E-state index contributed by atoms with van der Waals surface area (Å²) in [5.41, 5.74) is -0.0694. The summed E-state index contributed by atoms with van der Waals surface area (Å²) in [7, 11) is 0. The van der Waals surface area contributed by atoms with Crippen molar-refractivity contribution in [3.63, 3.8) is 0 Å². The number of aliphatic carboxylic acids is 1. The molecule has 1 aromatic carbocycles. The van der Waals surface area contributed by atoms with E-state index in [1.807, 2.05) is 0 Å². The third-order valence-corrected chi connectivity index (χ3v) is 4.16. The van der Waals surface area contributed by atoms with Gasteiger partial charge in [-0.2, -0.15) is 0 Å². The summed E-state index contributed by atoms with van der Waals surface area (Å²) in [4.78, 5) is 25.4. The minimum Gasteiger partial charge on any atom is -0.481 e. The molecule has 21 heavy (non-hydrogen) atoms. The lowest BCUT2D eigenvalue weighted by Gasteiger charge is -2.36. The van der Waals surface area contributed by atoms with Gasteiger partial charge in [0, 0.05) is 13.1 Å². The highest BCUT2D eigenvalue weighted by molar-refractivity contribution is 5.88. The van der Waals surface area contributed by atoms with Crippen LogP contribution >= 0.6 is 0 Å². The Kier molecular flexibility index (Phi) is 4.30. The number of piperidine rings is 1. The Labute approximate surface area is 123 Å². The van der Waals surface area contributed by atoms with E-state index in [4.69, 9.17) is 5.11 Å². The van der Waals surface area contributed by atoms with Gasteiger partial charge in [-0.1, -0.05) is 12.1 Å². The van der Waals surface area contributed by atoms with E-state index in [1.165, 1.54) is 12.1 Å². The van der Waals surface area contributed by atoms with Crippen molar-refractivity contribution < 1.29 is 19.1 Å². The number of carbonyl (C=O) groups excluding carboxylic acids is 1. The Morgan fingerprint density at radius 2 is 1.90 bits per heavy atom. The molecule has 114 valence electrons. The maximum absolute atomic E-state index is 13.0. The molecular formula is C16H20FNO3. The number of carboxylic acids is 1. The predicted molar refractivity (Wildman–Crippen MR) is 76.4 cm³/mol. The topological polar surface area (TPSA) is 57.6 Å². The first kappa shape index (κ1) is 15.5. The molecule has 2 rings (SSSR count). The summed E-state index contributed by atoms with van der Waals surface area (Å²) in [5, 5.41) is 9.11. The fraction of sp³-hybridized carbons (Fsp3) is 0.500. The average molecular weight is 293 g/mol. The van der Waals surface area contributed by atoms with Crippen LogP contribution in [0.2, 0.25) is 0 Å². The van der Waals surface area contributed by atoms with Crippen molar-refractivity contribution in [2.24, 2.45) is 5.92 Å². The molecule has 0 radical (unpaired) electrons. The van der Waals surface area contributed by atoms with Crippen LogP contribution in [0.1, 0.15) is 32.3 Å². The van der Waals surface area contributed by atoms with E-state index in [1.54, 1.807) is 30.9 Å². The number of likely N-dealkylation sites (tertiary alicyclic amines) is 1. The van der Waals surface area contributed by atoms with Crippen LogP contribution in [0, 0.1) is 11.7 Å². The maximum atomic E-state index is 13.0. The van der Waals surface area contributed by atoms with Crippen LogP contribution in [0.15, 0.2) is 24.3 Å². The van der Waals surface area contributed by atoms with Crippen molar-refractivity contribution in [3.05, 3.63) is 35.6 Å². The zero-order valence-electron chi connectivity index (χ0n) is 12.3. The van der Waals surface area contributed by atoms with Crippen molar-refractivity contribution in [2.75, 3.05) is 13.1 Å². The van der Waals surface area contributed by atoms with Gasteiger partial charge in [0.25, 0.3) is 0 Å². The molecule has 1 heterocycles. The van der Waals surface area contributed by atoms with Crippen LogP contribution in [-0.2, 0) is 15.0 Å². The maximum Gasteiger partial charge on any atom is 0.308 e. The van der Waals surface area contributed by atoms with E-state index < -0.39 is 17.3 Å². The van der Waals surface area contributed by atoms with Gasteiger partial charge >= 0.3 is 5.97 Å². The molecule has 1 aromatic rings.